The smallest absolute Gasteiger partial charge is 0.267 e. The summed E-state index contributed by atoms with van der Waals surface area (Å²) in [5.74, 6) is -0.164. The Bertz CT molecular complexity index is 320. The fraction of sp³-hybridized carbons (Fsp3) is 0.333. The third kappa shape index (κ3) is 4.40. The van der Waals surface area contributed by atoms with Gasteiger partial charge in [0.15, 0.2) is 0 Å². The second-order valence-corrected chi connectivity index (χ2v) is 3.26. The number of nitrogens with one attached hydrogen (secondary N) is 1. The van der Waals surface area contributed by atoms with Crippen LogP contribution in [0.2, 0.25) is 0 Å². The van der Waals surface area contributed by atoms with Gasteiger partial charge in [-0.1, -0.05) is 31.5 Å². The van der Waals surface area contributed by atoms with Gasteiger partial charge >= 0.3 is 0 Å². The highest BCUT2D eigenvalue weighted by Crippen LogP contribution is 1.97. The monoisotopic (exact) mass is 204 g/mol. The lowest BCUT2D eigenvalue weighted by Gasteiger charge is -1.98. The van der Waals surface area contributed by atoms with E-state index in [4.69, 9.17) is 0 Å². The molecule has 0 saturated heterocycles. The van der Waals surface area contributed by atoms with E-state index in [1.165, 1.54) is 0 Å². The van der Waals surface area contributed by atoms with Gasteiger partial charge in [0.05, 0.1) is 0 Å². The average molecular weight is 204 g/mol. The lowest BCUT2D eigenvalue weighted by atomic mass is 10.2. The van der Waals surface area contributed by atoms with Crippen molar-refractivity contribution in [3.63, 3.8) is 0 Å². The van der Waals surface area contributed by atoms with Crippen molar-refractivity contribution >= 4 is 12.1 Å². The Hall–Kier alpha value is -1.64. The maximum atomic E-state index is 11.5. The Morgan fingerprint density at radius 3 is 2.80 bits per heavy atom. The number of benzene rings is 1. The molecule has 0 bridgehead atoms. The Kier molecular flexibility index (Phi) is 5.15. The van der Waals surface area contributed by atoms with Crippen LogP contribution in [0.1, 0.15) is 36.5 Å². The lowest BCUT2D eigenvalue weighted by molar-refractivity contribution is 0.0955. The van der Waals surface area contributed by atoms with Crippen molar-refractivity contribution in [1.82, 2.24) is 5.43 Å². The van der Waals surface area contributed by atoms with Crippen LogP contribution in [0.3, 0.4) is 0 Å². The molecule has 0 saturated carbocycles. The van der Waals surface area contributed by atoms with Crippen molar-refractivity contribution in [3.8, 4) is 0 Å². The van der Waals surface area contributed by atoms with Crippen LogP contribution < -0.4 is 5.43 Å². The van der Waals surface area contributed by atoms with Gasteiger partial charge in [0, 0.05) is 11.8 Å². The van der Waals surface area contributed by atoms with Crippen LogP contribution in [0.5, 0.6) is 0 Å². The molecule has 3 heteroatoms. The molecule has 1 aromatic carbocycles. The summed E-state index contributed by atoms with van der Waals surface area (Å²) >= 11 is 0. The van der Waals surface area contributed by atoms with E-state index >= 15 is 0 Å². The molecule has 0 radical (unpaired) electrons. The van der Waals surface area contributed by atoms with Crippen molar-refractivity contribution in [2.24, 2.45) is 5.10 Å². The molecule has 0 unspecified atom stereocenters. The molecule has 1 N–H and O–H groups in total. The Morgan fingerprint density at radius 1 is 1.40 bits per heavy atom. The van der Waals surface area contributed by atoms with Crippen LogP contribution in [0.15, 0.2) is 35.4 Å². The predicted octanol–water partition coefficient (Wildman–Crippen LogP) is 2.59. The molecule has 0 atom stereocenters. The maximum absolute atomic E-state index is 11.5. The summed E-state index contributed by atoms with van der Waals surface area (Å²) in [5.41, 5.74) is 3.12. The number of hydrazone groups is 1. The molecule has 0 aromatic heterocycles. The van der Waals surface area contributed by atoms with Crippen molar-refractivity contribution in [2.45, 2.75) is 26.2 Å². The van der Waals surface area contributed by atoms with E-state index in [1.807, 2.05) is 18.2 Å². The van der Waals surface area contributed by atoms with Crippen LogP contribution in [-0.4, -0.2) is 12.1 Å². The van der Waals surface area contributed by atoms with Gasteiger partial charge in [-0.3, -0.25) is 4.79 Å². The number of carbonyl (C=O) groups is 1. The molecule has 0 aliphatic carbocycles. The number of carbonyl (C=O) groups excluding carboxylic acids is 1. The average Bonchev–Trinajstić information content (AvgIpc) is 2.30. The highest BCUT2D eigenvalue weighted by Gasteiger charge is 2.00. The summed E-state index contributed by atoms with van der Waals surface area (Å²) in [7, 11) is 0. The van der Waals surface area contributed by atoms with Crippen LogP contribution >= 0.6 is 0 Å². The summed E-state index contributed by atoms with van der Waals surface area (Å²) < 4.78 is 0. The topological polar surface area (TPSA) is 41.5 Å². The molecule has 0 fully saturated rings. The molecule has 0 spiro atoms. The predicted molar refractivity (Wildman–Crippen MR) is 61.9 cm³/mol. The van der Waals surface area contributed by atoms with E-state index in [-0.39, 0.29) is 5.91 Å². The van der Waals surface area contributed by atoms with Gasteiger partial charge in [-0.25, -0.2) is 5.43 Å². The lowest BCUT2D eigenvalue weighted by Crippen LogP contribution is -2.17. The first-order valence-electron chi connectivity index (χ1n) is 5.21. The van der Waals surface area contributed by atoms with E-state index in [2.05, 4.69) is 17.5 Å². The number of hydrogen-bond acceptors (Lipinski definition) is 2. The van der Waals surface area contributed by atoms with Crippen LogP contribution in [0.4, 0.5) is 0 Å². The molecule has 0 aliphatic rings. The zero-order valence-electron chi connectivity index (χ0n) is 8.94. The van der Waals surface area contributed by atoms with Gasteiger partial charge < -0.3 is 0 Å². The van der Waals surface area contributed by atoms with Gasteiger partial charge in [0.2, 0.25) is 0 Å². The molecule has 15 heavy (non-hydrogen) atoms. The van der Waals surface area contributed by atoms with Crippen molar-refractivity contribution in [2.75, 3.05) is 0 Å². The van der Waals surface area contributed by atoms with Crippen LogP contribution in [0.25, 0.3) is 0 Å². The second-order valence-electron chi connectivity index (χ2n) is 3.26. The summed E-state index contributed by atoms with van der Waals surface area (Å²) in [5, 5.41) is 3.86. The summed E-state index contributed by atoms with van der Waals surface area (Å²) in [4.78, 5) is 11.5. The summed E-state index contributed by atoms with van der Waals surface area (Å²) in [6.45, 7) is 2.12. The third-order valence-corrected chi connectivity index (χ3v) is 1.98. The maximum Gasteiger partial charge on any atom is 0.271 e. The van der Waals surface area contributed by atoms with Crippen LogP contribution in [0, 0.1) is 0 Å². The highest BCUT2D eigenvalue weighted by molar-refractivity contribution is 5.94. The second kappa shape index (κ2) is 6.76. The SMILES string of the molecule is CCCC/C=N\NC(=O)c1ccccc1. The molecule has 80 valence electrons. The molecule has 1 amide bonds. The minimum absolute atomic E-state index is 0.164. The zero-order chi connectivity index (χ0) is 10.9. The number of hydrogen-bond donors (Lipinski definition) is 1. The van der Waals surface area contributed by atoms with Crippen molar-refractivity contribution in [3.05, 3.63) is 35.9 Å². The number of unbranched alkanes of at least 4 members (excludes halogenated alkanes) is 2. The fourth-order valence-corrected chi connectivity index (χ4v) is 1.12. The quantitative estimate of drug-likeness (QED) is 0.447. The number of nitrogens with zero attached hydrogens (tertiary/aromatic N) is 1. The van der Waals surface area contributed by atoms with E-state index in [0.717, 1.165) is 19.3 Å². The molecule has 0 heterocycles. The highest BCUT2D eigenvalue weighted by atomic mass is 16.2. The van der Waals surface area contributed by atoms with Gasteiger partial charge in [0.25, 0.3) is 5.91 Å². The Morgan fingerprint density at radius 2 is 2.13 bits per heavy atom. The number of amides is 1. The van der Waals surface area contributed by atoms with Crippen molar-refractivity contribution < 1.29 is 4.79 Å². The minimum atomic E-state index is -0.164. The molecule has 0 aliphatic heterocycles. The zero-order valence-corrected chi connectivity index (χ0v) is 8.94. The first kappa shape index (κ1) is 11.4. The van der Waals surface area contributed by atoms with Gasteiger partial charge in [-0.15, -0.1) is 0 Å². The number of rotatable bonds is 5. The third-order valence-electron chi connectivity index (χ3n) is 1.98. The summed E-state index contributed by atoms with van der Waals surface area (Å²) in [6.07, 6.45) is 4.89. The normalized spacial score (nSPS) is 10.5. The van der Waals surface area contributed by atoms with E-state index in [0.29, 0.717) is 5.56 Å². The minimum Gasteiger partial charge on any atom is -0.267 e. The molecule has 3 nitrogen and oxygen atoms in total. The van der Waals surface area contributed by atoms with Gasteiger partial charge in [-0.2, -0.15) is 5.10 Å². The molecule has 1 aromatic rings. The van der Waals surface area contributed by atoms with E-state index in [1.54, 1.807) is 18.3 Å². The standard InChI is InChI=1S/C12H16N2O/c1-2-3-7-10-13-14-12(15)11-8-5-4-6-9-11/h4-6,8-10H,2-3,7H2,1H3,(H,14,15)/b13-10-. The summed E-state index contributed by atoms with van der Waals surface area (Å²) in [6, 6.07) is 9.06. The van der Waals surface area contributed by atoms with Gasteiger partial charge in [0.1, 0.15) is 0 Å². The Balaban J connectivity index is 2.34. The largest absolute Gasteiger partial charge is 0.271 e. The Labute approximate surface area is 90.2 Å². The molecular formula is C12H16N2O. The first-order chi connectivity index (χ1) is 7.34. The van der Waals surface area contributed by atoms with Crippen LogP contribution in [-0.2, 0) is 0 Å². The fourth-order valence-electron chi connectivity index (χ4n) is 1.12. The van der Waals surface area contributed by atoms with E-state index in [9.17, 15) is 4.79 Å². The van der Waals surface area contributed by atoms with E-state index < -0.39 is 0 Å². The molecular weight excluding hydrogens is 188 g/mol. The van der Waals surface area contributed by atoms with Crippen molar-refractivity contribution in [1.29, 1.82) is 0 Å². The first-order valence-corrected chi connectivity index (χ1v) is 5.21. The van der Waals surface area contributed by atoms with Gasteiger partial charge in [-0.05, 0) is 25.0 Å². The molecule has 1 rings (SSSR count).